The molecule has 0 unspecified atom stereocenters. The molecule has 1 rings (SSSR count). The summed E-state index contributed by atoms with van der Waals surface area (Å²) < 4.78 is 20.7. The van der Waals surface area contributed by atoms with Gasteiger partial charge in [-0.25, -0.2) is 0 Å². The first-order valence-corrected chi connectivity index (χ1v) is 3.82. The monoisotopic (exact) mass is 175 g/mol. The van der Waals surface area contributed by atoms with Crippen LogP contribution in [0.3, 0.4) is 0 Å². The van der Waals surface area contributed by atoms with Crippen molar-refractivity contribution in [2.75, 3.05) is 6.54 Å². The smallest absolute Gasteiger partial charge is 0.371 e. The third kappa shape index (κ3) is 1.58. The molecule has 1 aliphatic rings. The van der Waals surface area contributed by atoms with E-state index in [9.17, 15) is 13.6 Å². The van der Waals surface area contributed by atoms with Crippen molar-refractivity contribution < 1.29 is 18.3 Å². The van der Waals surface area contributed by atoms with E-state index in [4.69, 9.17) is 5.11 Å². The number of aliphatic hydroxyl groups excluding tert-OH is 1. The Hall–Kier alpha value is -1.30. The lowest BCUT2D eigenvalue weighted by molar-refractivity contribution is -0.448. The molecule has 0 bridgehead atoms. The van der Waals surface area contributed by atoms with Gasteiger partial charge in [-0.3, -0.25) is 0 Å². The molecule has 0 atom stereocenters. The molecule has 0 saturated carbocycles. The molecule has 5 nitrogen and oxygen atoms in total. The Morgan fingerprint density at radius 1 is 1.55 bits per heavy atom. The number of rotatable bonds is 0. The molecule has 0 aromatic rings. The van der Waals surface area contributed by atoms with E-state index >= 15 is 0 Å². The molecule has 0 radical (unpaired) electrons. The maximum atomic E-state index is 10.6. The van der Waals surface area contributed by atoms with Crippen molar-refractivity contribution >= 4 is 21.1 Å². The zero-order valence-electron chi connectivity index (χ0n) is 5.39. The Balaban J connectivity index is 3.11. The van der Waals surface area contributed by atoms with Gasteiger partial charge in [0.25, 0.3) is 0 Å². The molecule has 6 heteroatoms. The third-order valence-corrected chi connectivity index (χ3v) is 1.88. The molecule has 1 N–H and O–H groups in total. The first-order valence-electron chi connectivity index (χ1n) is 2.75. The second-order valence-electron chi connectivity index (χ2n) is 1.93. The van der Waals surface area contributed by atoms with Crippen LogP contribution in [0.25, 0.3) is 0 Å². The van der Waals surface area contributed by atoms with Crippen LogP contribution in [0.1, 0.15) is 0 Å². The maximum absolute atomic E-state index is 10.6. The fourth-order valence-electron chi connectivity index (χ4n) is 0.634. The van der Waals surface area contributed by atoms with Gasteiger partial charge in [0.05, 0.1) is 6.08 Å². The number of hydroxylamine groups is 1. The molecule has 1 heterocycles. The fraction of sp³-hybridized carbons (Fsp3) is 0.200. The predicted molar refractivity (Wildman–Crippen MR) is 39.2 cm³/mol. The molecule has 1 aliphatic heterocycles. The normalized spacial score (nSPS) is 17.3. The highest BCUT2D eigenvalue weighted by molar-refractivity contribution is 7.73. The summed E-state index contributed by atoms with van der Waals surface area (Å²) in [4.78, 5) is -0.0298. The SMILES string of the molecule is O=S(=O)=C1C=CC(O)=[N+]([O-])C1. The van der Waals surface area contributed by atoms with E-state index in [0.717, 1.165) is 6.08 Å². The lowest BCUT2D eigenvalue weighted by Gasteiger charge is -2.05. The zero-order valence-corrected chi connectivity index (χ0v) is 6.21. The topological polar surface area (TPSA) is 80.4 Å². The predicted octanol–water partition coefficient (Wildman–Crippen LogP) is -0.925. The second kappa shape index (κ2) is 2.75. The van der Waals surface area contributed by atoms with E-state index in [1.54, 1.807) is 0 Å². The summed E-state index contributed by atoms with van der Waals surface area (Å²) in [5.74, 6) is -0.473. The van der Waals surface area contributed by atoms with E-state index in [-0.39, 0.29) is 16.1 Å². The third-order valence-electron chi connectivity index (χ3n) is 1.19. The second-order valence-corrected chi connectivity index (χ2v) is 2.92. The van der Waals surface area contributed by atoms with Crippen LogP contribution in [0.2, 0.25) is 0 Å². The first kappa shape index (κ1) is 7.80. The summed E-state index contributed by atoms with van der Waals surface area (Å²) in [5.41, 5.74) is 0. The van der Waals surface area contributed by atoms with E-state index in [2.05, 4.69) is 0 Å². The van der Waals surface area contributed by atoms with Crippen LogP contribution in [0.15, 0.2) is 12.2 Å². The van der Waals surface area contributed by atoms with Gasteiger partial charge in [0.1, 0.15) is 4.86 Å². The highest BCUT2D eigenvalue weighted by Crippen LogP contribution is 1.90. The minimum absolute atomic E-state index is 0.0298. The lowest BCUT2D eigenvalue weighted by atomic mass is 10.3. The summed E-state index contributed by atoms with van der Waals surface area (Å²) in [6, 6.07) is 0. The van der Waals surface area contributed by atoms with Gasteiger partial charge in [0, 0.05) is 0 Å². The van der Waals surface area contributed by atoms with Crippen LogP contribution in [0.4, 0.5) is 0 Å². The summed E-state index contributed by atoms with van der Waals surface area (Å²) in [6.07, 6.45) is 2.23. The number of aliphatic hydroxyl groups is 1. The highest BCUT2D eigenvalue weighted by atomic mass is 32.2. The van der Waals surface area contributed by atoms with E-state index < -0.39 is 16.2 Å². The Kier molecular flexibility index (Phi) is 1.95. The molecule has 0 amide bonds. The van der Waals surface area contributed by atoms with Crippen molar-refractivity contribution in [1.82, 2.24) is 0 Å². The Bertz CT molecular complexity index is 354. The first-order chi connectivity index (χ1) is 5.11. The maximum Gasteiger partial charge on any atom is 0.371 e. The number of hydrogen-bond donors (Lipinski definition) is 1. The molecule has 0 aromatic carbocycles. The van der Waals surface area contributed by atoms with Crippen molar-refractivity contribution in [3.8, 4) is 0 Å². The summed E-state index contributed by atoms with van der Waals surface area (Å²) in [6.45, 7) is -0.321. The minimum atomic E-state index is -2.37. The van der Waals surface area contributed by atoms with Gasteiger partial charge in [0.2, 0.25) is 10.3 Å². The van der Waals surface area contributed by atoms with Gasteiger partial charge < -0.3 is 10.3 Å². The average molecular weight is 175 g/mol. The summed E-state index contributed by atoms with van der Waals surface area (Å²) >= 11 is 0. The highest BCUT2D eigenvalue weighted by Gasteiger charge is 2.13. The molecule has 0 spiro atoms. The van der Waals surface area contributed by atoms with Crippen LogP contribution >= 0.6 is 0 Å². The molecule has 60 valence electrons. The quantitative estimate of drug-likeness (QED) is 0.293. The molecule has 11 heavy (non-hydrogen) atoms. The van der Waals surface area contributed by atoms with Crippen molar-refractivity contribution in [2.45, 2.75) is 0 Å². The van der Waals surface area contributed by atoms with Crippen LogP contribution < -0.4 is 0 Å². The number of hydrogen-bond acceptors (Lipinski definition) is 3. The van der Waals surface area contributed by atoms with Crippen molar-refractivity contribution in [3.05, 3.63) is 17.4 Å². The average Bonchev–Trinajstić information content (AvgIpc) is 1.94. The molecule has 0 aliphatic carbocycles. The van der Waals surface area contributed by atoms with Crippen LogP contribution in [0, 0.1) is 5.21 Å². The molecule has 0 aromatic heterocycles. The standard InChI is InChI=1S/C5H5NO4S/c7-5-2-1-4(11(9)10)3-6(5)8/h1-2,7H,3H2. The van der Waals surface area contributed by atoms with E-state index in [1.165, 1.54) is 6.08 Å². The van der Waals surface area contributed by atoms with Gasteiger partial charge in [0.15, 0.2) is 6.54 Å². The van der Waals surface area contributed by atoms with Crippen molar-refractivity contribution in [2.24, 2.45) is 0 Å². The van der Waals surface area contributed by atoms with Crippen LogP contribution in [0.5, 0.6) is 0 Å². The van der Waals surface area contributed by atoms with Crippen molar-refractivity contribution in [1.29, 1.82) is 0 Å². The Labute approximate surface area is 64.0 Å². The molecular weight excluding hydrogens is 170 g/mol. The largest absolute Gasteiger partial charge is 0.621 e. The van der Waals surface area contributed by atoms with Gasteiger partial charge in [-0.1, -0.05) is 0 Å². The van der Waals surface area contributed by atoms with E-state index in [1.807, 2.05) is 0 Å². The number of nitrogens with zero attached hydrogens (tertiary/aromatic N) is 1. The van der Waals surface area contributed by atoms with Gasteiger partial charge in [-0.15, -0.1) is 0 Å². The molecule has 0 saturated heterocycles. The van der Waals surface area contributed by atoms with Gasteiger partial charge in [-0.2, -0.15) is 13.2 Å². The van der Waals surface area contributed by atoms with Gasteiger partial charge >= 0.3 is 5.90 Å². The lowest BCUT2D eigenvalue weighted by Crippen LogP contribution is -2.24. The summed E-state index contributed by atoms with van der Waals surface area (Å²) in [5, 5.41) is 19.3. The van der Waals surface area contributed by atoms with E-state index in [0.29, 0.717) is 0 Å². The Morgan fingerprint density at radius 2 is 2.18 bits per heavy atom. The molecular formula is C5H5NO4S. The summed E-state index contributed by atoms with van der Waals surface area (Å²) in [7, 11) is -2.37. The minimum Gasteiger partial charge on any atom is -0.621 e. The van der Waals surface area contributed by atoms with Gasteiger partial charge in [-0.05, 0) is 6.08 Å². The zero-order chi connectivity index (χ0) is 8.43. The molecule has 0 fully saturated rings. The Morgan fingerprint density at radius 3 is 2.64 bits per heavy atom. The fourth-order valence-corrected chi connectivity index (χ4v) is 1.04. The van der Waals surface area contributed by atoms with Crippen molar-refractivity contribution in [3.63, 3.8) is 0 Å². The van der Waals surface area contributed by atoms with Crippen LogP contribution in [-0.4, -0.2) is 35.6 Å². The van der Waals surface area contributed by atoms with Crippen LogP contribution in [-0.2, 0) is 10.3 Å².